The fourth-order valence-electron chi connectivity index (χ4n) is 3.97. The van der Waals surface area contributed by atoms with Crippen LogP contribution in [0, 0.1) is 11.8 Å². The number of anilines is 1. The molecule has 7 heteroatoms. The second-order valence-electron chi connectivity index (χ2n) is 7.01. The molecule has 0 N–H and O–H groups in total. The molecule has 1 saturated heterocycles. The van der Waals surface area contributed by atoms with E-state index in [1.807, 2.05) is 24.3 Å². The molecule has 2 unspecified atom stereocenters. The van der Waals surface area contributed by atoms with E-state index in [1.54, 1.807) is 36.4 Å². The molecule has 5 rings (SSSR count). The van der Waals surface area contributed by atoms with Gasteiger partial charge in [0.2, 0.25) is 11.8 Å². The van der Waals surface area contributed by atoms with Crippen LogP contribution in [0.4, 0.5) is 5.69 Å². The summed E-state index contributed by atoms with van der Waals surface area (Å²) in [6, 6.07) is 13.7. The Labute approximate surface area is 160 Å². The maximum Gasteiger partial charge on any atom is 0.280 e. The molecule has 2 amide bonds. The summed E-state index contributed by atoms with van der Waals surface area (Å²) in [5.41, 5.74) is 1.97. The van der Waals surface area contributed by atoms with E-state index in [1.165, 1.54) is 9.58 Å². The van der Waals surface area contributed by atoms with Crippen molar-refractivity contribution in [2.45, 2.75) is 12.8 Å². The SMILES string of the molecule is O=C1C2CC=CCC2C(=O)N1c1cccc(C(=O)n2nnc3ccccc32)c1. The lowest BCUT2D eigenvalue weighted by Gasteiger charge is -2.15. The average Bonchev–Trinajstić information content (AvgIpc) is 3.27. The van der Waals surface area contributed by atoms with E-state index in [9.17, 15) is 14.4 Å². The van der Waals surface area contributed by atoms with Crippen LogP contribution in [0.25, 0.3) is 11.0 Å². The van der Waals surface area contributed by atoms with Gasteiger partial charge in [0.1, 0.15) is 5.52 Å². The summed E-state index contributed by atoms with van der Waals surface area (Å²) in [6.45, 7) is 0. The number of hydrogen-bond acceptors (Lipinski definition) is 5. The molecular formula is C21H16N4O3. The van der Waals surface area contributed by atoms with Crippen LogP contribution >= 0.6 is 0 Å². The van der Waals surface area contributed by atoms with Crippen molar-refractivity contribution in [3.63, 3.8) is 0 Å². The van der Waals surface area contributed by atoms with Gasteiger partial charge in [0.05, 0.1) is 23.0 Å². The van der Waals surface area contributed by atoms with E-state index in [0.29, 0.717) is 35.1 Å². The minimum atomic E-state index is -0.367. The topological polar surface area (TPSA) is 85.2 Å². The Bertz CT molecular complexity index is 1140. The Morgan fingerprint density at radius 2 is 1.64 bits per heavy atom. The molecule has 2 aliphatic rings. The van der Waals surface area contributed by atoms with Crippen molar-refractivity contribution in [3.05, 3.63) is 66.2 Å². The molecule has 138 valence electrons. The van der Waals surface area contributed by atoms with Crippen LogP contribution in [0.5, 0.6) is 0 Å². The Morgan fingerprint density at radius 3 is 2.39 bits per heavy atom. The third-order valence-corrected chi connectivity index (χ3v) is 5.40. The zero-order chi connectivity index (χ0) is 19.3. The molecule has 1 fully saturated rings. The lowest BCUT2D eigenvalue weighted by Crippen LogP contribution is -2.31. The summed E-state index contributed by atoms with van der Waals surface area (Å²) in [5, 5.41) is 7.95. The quantitative estimate of drug-likeness (QED) is 0.510. The lowest BCUT2D eigenvalue weighted by atomic mass is 9.85. The van der Waals surface area contributed by atoms with E-state index in [0.717, 1.165) is 0 Å². The summed E-state index contributed by atoms with van der Waals surface area (Å²) >= 11 is 0. The number of aromatic nitrogens is 3. The highest BCUT2D eigenvalue weighted by Gasteiger charge is 2.47. The first-order valence-corrected chi connectivity index (χ1v) is 9.13. The van der Waals surface area contributed by atoms with Gasteiger partial charge in [-0.3, -0.25) is 19.3 Å². The fourth-order valence-corrected chi connectivity index (χ4v) is 3.97. The molecule has 28 heavy (non-hydrogen) atoms. The number of imide groups is 1. The van der Waals surface area contributed by atoms with E-state index in [-0.39, 0.29) is 29.6 Å². The minimum absolute atomic E-state index is 0.199. The maximum atomic E-state index is 13.0. The number of para-hydroxylation sites is 1. The fraction of sp³-hybridized carbons (Fsp3) is 0.190. The Hall–Kier alpha value is -3.61. The van der Waals surface area contributed by atoms with Crippen LogP contribution in [0.2, 0.25) is 0 Å². The highest BCUT2D eigenvalue weighted by Crippen LogP contribution is 2.37. The molecule has 1 aliphatic heterocycles. The largest absolute Gasteiger partial charge is 0.280 e. The number of carbonyl (C=O) groups is 3. The van der Waals surface area contributed by atoms with Crippen LogP contribution < -0.4 is 4.90 Å². The highest BCUT2D eigenvalue weighted by atomic mass is 16.2. The summed E-state index contributed by atoms with van der Waals surface area (Å²) in [7, 11) is 0. The van der Waals surface area contributed by atoms with Gasteiger partial charge in [-0.25, -0.2) is 0 Å². The van der Waals surface area contributed by atoms with E-state index >= 15 is 0 Å². The van der Waals surface area contributed by atoms with Crippen LogP contribution in [0.1, 0.15) is 23.2 Å². The van der Waals surface area contributed by atoms with Gasteiger partial charge in [-0.2, -0.15) is 4.68 Å². The molecule has 2 aromatic carbocycles. The number of amides is 2. The first-order valence-electron chi connectivity index (χ1n) is 9.13. The molecule has 0 spiro atoms. The maximum absolute atomic E-state index is 13.0. The van der Waals surface area contributed by atoms with Crippen molar-refractivity contribution < 1.29 is 14.4 Å². The smallest absolute Gasteiger partial charge is 0.274 e. The van der Waals surface area contributed by atoms with Gasteiger partial charge in [-0.15, -0.1) is 5.10 Å². The predicted molar refractivity (Wildman–Crippen MR) is 102 cm³/mol. The monoisotopic (exact) mass is 372 g/mol. The number of carbonyl (C=O) groups excluding carboxylic acids is 3. The van der Waals surface area contributed by atoms with Crippen LogP contribution in [-0.4, -0.2) is 32.7 Å². The molecule has 3 aromatic rings. The standard InChI is InChI=1S/C21H16N4O3/c26-19(25-18-11-4-3-10-17(18)22-23-25)13-6-5-7-14(12-13)24-20(27)15-8-1-2-9-16(15)21(24)28/h1-7,10-12,15-16H,8-9H2. The molecule has 1 aromatic heterocycles. The molecule has 0 saturated carbocycles. The number of allylic oxidation sites excluding steroid dienone is 2. The normalized spacial score (nSPS) is 21.4. The summed E-state index contributed by atoms with van der Waals surface area (Å²) in [5.74, 6) is -1.38. The zero-order valence-corrected chi connectivity index (χ0v) is 14.9. The second kappa shape index (κ2) is 6.23. The van der Waals surface area contributed by atoms with Gasteiger partial charge in [-0.1, -0.05) is 35.6 Å². The molecular weight excluding hydrogens is 356 g/mol. The third-order valence-electron chi connectivity index (χ3n) is 5.40. The van der Waals surface area contributed by atoms with Crippen molar-refractivity contribution in [2.75, 3.05) is 4.90 Å². The average molecular weight is 372 g/mol. The van der Waals surface area contributed by atoms with Gasteiger partial charge in [0.15, 0.2) is 0 Å². The van der Waals surface area contributed by atoms with Crippen molar-refractivity contribution in [2.24, 2.45) is 11.8 Å². The second-order valence-corrected chi connectivity index (χ2v) is 7.01. The van der Waals surface area contributed by atoms with E-state index < -0.39 is 0 Å². The Morgan fingerprint density at radius 1 is 0.929 bits per heavy atom. The van der Waals surface area contributed by atoms with Crippen molar-refractivity contribution in [3.8, 4) is 0 Å². The Balaban J connectivity index is 1.51. The molecule has 2 atom stereocenters. The van der Waals surface area contributed by atoms with Crippen LogP contribution in [0.15, 0.2) is 60.7 Å². The van der Waals surface area contributed by atoms with Gasteiger partial charge < -0.3 is 0 Å². The van der Waals surface area contributed by atoms with Crippen LogP contribution in [0.3, 0.4) is 0 Å². The minimum Gasteiger partial charge on any atom is -0.274 e. The number of rotatable bonds is 2. The number of fused-ring (bicyclic) bond motifs is 2. The summed E-state index contributed by atoms with van der Waals surface area (Å²) in [4.78, 5) is 39.8. The predicted octanol–water partition coefficient (Wildman–Crippen LogP) is 2.58. The molecule has 0 bridgehead atoms. The van der Waals surface area contributed by atoms with Gasteiger partial charge in [0, 0.05) is 5.56 Å². The van der Waals surface area contributed by atoms with Crippen molar-refractivity contribution in [1.29, 1.82) is 0 Å². The lowest BCUT2D eigenvalue weighted by molar-refractivity contribution is -0.122. The number of benzene rings is 2. The third kappa shape index (κ3) is 2.40. The van der Waals surface area contributed by atoms with Crippen LogP contribution in [-0.2, 0) is 9.59 Å². The van der Waals surface area contributed by atoms with Gasteiger partial charge >= 0.3 is 0 Å². The van der Waals surface area contributed by atoms with E-state index in [2.05, 4.69) is 10.3 Å². The van der Waals surface area contributed by atoms with Gasteiger partial charge in [-0.05, 0) is 43.2 Å². The first kappa shape index (κ1) is 16.6. The number of hydrogen-bond donors (Lipinski definition) is 0. The molecule has 0 radical (unpaired) electrons. The van der Waals surface area contributed by atoms with Crippen molar-refractivity contribution >= 4 is 34.4 Å². The summed E-state index contributed by atoms with van der Waals surface area (Å²) in [6.07, 6.45) is 5.06. The molecule has 1 aliphatic carbocycles. The number of nitrogens with zero attached hydrogens (tertiary/aromatic N) is 4. The van der Waals surface area contributed by atoms with Crippen molar-refractivity contribution in [1.82, 2.24) is 15.0 Å². The summed E-state index contributed by atoms with van der Waals surface area (Å²) < 4.78 is 1.23. The highest BCUT2D eigenvalue weighted by molar-refractivity contribution is 6.22. The molecule has 7 nitrogen and oxygen atoms in total. The first-order chi connectivity index (χ1) is 13.6. The Kier molecular flexibility index (Phi) is 3.68. The van der Waals surface area contributed by atoms with E-state index in [4.69, 9.17) is 0 Å². The zero-order valence-electron chi connectivity index (χ0n) is 14.9. The van der Waals surface area contributed by atoms with Gasteiger partial charge in [0.25, 0.3) is 5.91 Å². The molecule has 2 heterocycles.